The maximum Gasteiger partial charge on any atom is 0.247 e. The first-order chi connectivity index (χ1) is 9.55. The van der Waals surface area contributed by atoms with Crippen molar-refractivity contribution in [2.45, 2.75) is 5.16 Å². The van der Waals surface area contributed by atoms with Crippen LogP contribution in [0.25, 0.3) is 22.2 Å². The van der Waals surface area contributed by atoms with E-state index in [0.717, 1.165) is 17.2 Å². The normalized spacial score (nSPS) is 11.7. The summed E-state index contributed by atoms with van der Waals surface area (Å²) < 4.78 is 23.2. The largest absolute Gasteiger partial charge is 0.254 e. The number of nitrogens with zero attached hydrogens (tertiary/aromatic N) is 3. The van der Waals surface area contributed by atoms with Crippen LogP contribution in [0.3, 0.4) is 0 Å². The molecule has 0 saturated heterocycles. The molecule has 6 heteroatoms. The van der Waals surface area contributed by atoms with E-state index in [1.807, 2.05) is 30.3 Å². The average Bonchev–Trinajstić information content (AvgIpc) is 2.46. The molecule has 0 unspecified atom stereocenters. The molecule has 0 fully saturated rings. The Morgan fingerprint density at radius 3 is 2.45 bits per heavy atom. The number of rotatable bonds is 2. The molecule has 0 bridgehead atoms. The van der Waals surface area contributed by atoms with Gasteiger partial charge in [0.05, 0.1) is 5.69 Å². The number of fused-ring (bicyclic) bond motifs is 1. The van der Waals surface area contributed by atoms with Gasteiger partial charge in [0.15, 0.2) is 0 Å². The fraction of sp³-hybridized carbons (Fsp3) is 0.0714. The molecule has 3 aromatic rings. The molecule has 0 saturated carbocycles. The summed E-state index contributed by atoms with van der Waals surface area (Å²) in [6.07, 6.45) is 4.26. The Hall–Kier alpha value is -2.34. The average molecular weight is 285 g/mol. The highest BCUT2D eigenvalue weighted by molar-refractivity contribution is 7.90. The molecule has 5 nitrogen and oxygen atoms in total. The van der Waals surface area contributed by atoms with Crippen LogP contribution < -0.4 is 0 Å². The zero-order valence-corrected chi connectivity index (χ0v) is 11.5. The lowest BCUT2D eigenvalue weighted by Gasteiger charge is -2.05. The molecule has 0 spiro atoms. The highest BCUT2D eigenvalue weighted by Gasteiger charge is 2.14. The van der Waals surface area contributed by atoms with Crippen molar-refractivity contribution in [3.05, 3.63) is 48.8 Å². The molecule has 0 radical (unpaired) electrons. The maximum absolute atomic E-state index is 11.6. The van der Waals surface area contributed by atoms with Gasteiger partial charge in [0.1, 0.15) is 5.52 Å². The van der Waals surface area contributed by atoms with Gasteiger partial charge >= 0.3 is 0 Å². The summed E-state index contributed by atoms with van der Waals surface area (Å²) in [6, 6.07) is 11.3. The molecule has 20 heavy (non-hydrogen) atoms. The van der Waals surface area contributed by atoms with Gasteiger partial charge in [-0.25, -0.2) is 18.4 Å². The molecule has 1 aromatic carbocycles. The summed E-state index contributed by atoms with van der Waals surface area (Å²) >= 11 is 0. The van der Waals surface area contributed by atoms with Crippen molar-refractivity contribution < 1.29 is 8.42 Å². The Morgan fingerprint density at radius 1 is 1.00 bits per heavy atom. The Balaban J connectivity index is 2.33. The summed E-state index contributed by atoms with van der Waals surface area (Å²) in [5.74, 6) is 0. The Kier molecular flexibility index (Phi) is 2.94. The van der Waals surface area contributed by atoms with E-state index in [9.17, 15) is 8.42 Å². The van der Waals surface area contributed by atoms with Gasteiger partial charge in [-0.05, 0) is 6.07 Å². The second kappa shape index (κ2) is 4.64. The number of sulfone groups is 1. The zero-order chi connectivity index (χ0) is 14.2. The van der Waals surface area contributed by atoms with Crippen molar-refractivity contribution in [1.29, 1.82) is 0 Å². The Labute approximate surface area is 116 Å². The van der Waals surface area contributed by atoms with E-state index >= 15 is 0 Å². The summed E-state index contributed by atoms with van der Waals surface area (Å²) in [4.78, 5) is 12.4. The van der Waals surface area contributed by atoms with E-state index in [2.05, 4.69) is 15.0 Å². The third-order valence-electron chi connectivity index (χ3n) is 2.86. The van der Waals surface area contributed by atoms with Gasteiger partial charge in [-0.1, -0.05) is 30.3 Å². The molecule has 100 valence electrons. The summed E-state index contributed by atoms with van der Waals surface area (Å²) in [6.45, 7) is 0. The molecule has 0 amide bonds. The number of hydrogen-bond donors (Lipinski definition) is 0. The van der Waals surface area contributed by atoms with Crippen LogP contribution in [-0.2, 0) is 9.84 Å². The number of aromatic nitrogens is 3. The quantitative estimate of drug-likeness (QED) is 0.674. The molecular weight excluding hydrogens is 274 g/mol. The van der Waals surface area contributed by atoms with Gasteiger partial charge in [-0.2, -0.15) is 0 Å². The highest BCUT2D eigenvalue weighted by Crippen LogP contribution is 2.24. The van der Waals surface area contributed by atoms with E-state index in [-0.39, 0.29) is 5.16 Å². The van der Waals surface area contributed by atoms with Crippen LogP contribution in [0.15, 0.2) is 53.9 Å². The lowest BCUT2D eigenvalue weighted by atomic mass is 10.1. The monoisotopic (exact) mass is 285 g/mol. The standard InChI is InChI=1S/C14H11N3O2S/c1-20(18,19)14-16-9-11-7-8-15-12(13(11)17-14)10-5-3-2-4-6-10/h2-9H,1H3. The van der Waals surface area contributed by atoms with Crippen LogP contribution in [-0.4, -0.2) is 29.6 Å². The molecule has 0 aliphatic carbocycles. The SMILES string of the molecule is CS(=O)(=O)c1ncc2ccnc(-c3ccccc3)c2n1. The van der Waals surface area contributed by atoms with Gasteiger partial charge in [0, 0.05) is 29.6 Å². The zero-order valence-electron chi connectivity index (χ0n) is 10.7. The Bertz CT molecular complexity index is 877. The van der Waals surface area contributed by atoms with Crippen molar-refractivity contribution in [1.82, 2.24) is 15.0 Å². The van der Waals surface area contributed by atoms with Crippen molar-refractivity contribution in [3.8, 4) is 11.3 Å². The van der Waals surface area contributed by atoms with Crippen LogP contribution in [0.4, 0.5) is 0 Å². The summed E-state index contributed by atoms with van der Waals surface area (Å²) in [7, 11) is -3.44. The third kappa shape index (κ3) is 2.25. The minimum Gasteiger partial charge on any atom is -0.254 e. The van der Waals surface area contributed by atoms with Gasteiger partial charge in [-0.15, -0.1) is 0 Å². The summed E-state index contributed by atoms with van der Waals surface area (Å²) in [5.41, 5.74) is 2.07. The smallest absolute Gasteiger partial charge is 0.247 e. The van der Waals surface area contributed by atoms with Crippen LogP contribution >= 0.6 is 0 Å². The molecule has 2 heterocycles. The first-order valence-electron chi connectivity index (χ1n) is 5.93. The highest BCUT2D eigenvalue weighted by atomic mass is 32.2. The fourth-order valence-electron chi connectivity index (χ4n) is 1.93. The lowest BCUT2D eigenvalue weighted by molar-refractivity contribution is 0.594. The van der Waals surface area contributed by atoms with E-state index in [4.69, 9.17) is 0 Å². The van der Waals surface area contributed by atoms with Crippen LogP contribution in [0.2, 0.25) is 0 Å². The first-order valence-corrected chi connectivity index (χ1v) is 7.82. The summed E-state index contributed by atoms with van der Waals surface area (Å²) in [5, 5.41) is 0.571. The molecule has 0 aliphatic heterocycles. The van der Waals surface area contributed by atoms with E-state index in [0.29, 0.717) is 11.2 Å². The predicted molar refractivity (Wildman–Crippen MR) is 75.9 cm³/mol. The molecular formula is C14H11N3O2S. The number of pyridine rings is 1. The van der Waals surface area contributed by atoms with Crippen LogP contribution in [0.5, 0.6) is 0 Å². The van der Waals surface area contributed by atoms with E-state index < -0.39 is 9.84 Å². The molecule has 2 aromatic heterocycles. The third-order valence-corrected chi connectivity index (χ3v) is 3.72. The molecule has 0 aliphatic rings. The van der Waals surface area contributed by atoms with Crippen molar-refractivity contribution in [2.24, 2.45) is 0 Å². The minimum atomic E-state index is -3.44. The van der Waals surface area contributed by atoms with Crippen LogP contribution in [0.1, 0.15) is 0 Å². The second-order valence-corrected chi connectivity index (χ2v) is 6.30. The number of hydrogen-bond acceptors (Lipinski definition) is 5. The van der Waals surface area contributed by atoms with Crippen molar-refractivity contribution in [2.75, 3.05) is 6.26 Å². The fourth-order valence-corrected chi connectivity index (χ4v) is 2.43. The first kappa shape index (κ1) is 12.7. The van der Waals surface area contributed by atoms with E-state index in [1.165, 1.54) is 6.20 Å². The molecule has 0 atom stereocenters. The molecule has 0 N–H and O–H groups in total. The van der Waals surface area contributed by atoms with Gasteiger partial charge in [0.25, 0.3) is 0 Å². The minimum absolute atomic E-state index is 0.185. The second-order valence-electron chi connectivity index (χ2n) is 4.39. The maximum atomic E-state index is 11.6. The number of benzene rings is 1. The van der Waals surface area contributed by atoms with Crippen LogP contribution in [0, 0.1) is 0 Å². The predicted octanol–water partition coefficient (Wildman–Crippen LogP) is 2.10. The lowest BCUT2D eigenvalue weighted by Crippen LogP contribution is -2.04. The van der Waals surface area contributed by atoms with E-state index in [1.54, 1.807) is 12.3 Å². The molecule has 3 rings (SSSR count). The van der Waals surface area contributed by atoms with Crippen molar-refractivity contribution in [3.63, 3.8) is 0 Å². The Morgan fingerprint density at radius 2 is 1.75 bits per heavy atom. The van der Waals surface area contributed by atoms with Gasteiger partial charge in [-0.3, -0.25) is 4.98 Å². The van der Waals surface area contributed by atoms with Crippen molar-refractivity contribution >= 4 is 20.7 Å². The topological polar surface area (TPSA) is 72.8 Å². The van der Waals surface area contributed by atoms with Gasteiger partial charge < -0.3 is 0 Å². The van der Waals surface area contributed by atoms with Gasteiger partial charge in [0.2, 0.25) is 15.0 Å².